The molecule has 0 heterocycles. The summed E-state index contributed by atoms with van der Waals surface area (Å²) in [6.45, 7) is 5.97. The zero-order valence-electron chi connectivity index (χ0n) is 15.8. The lowest BCUT2D eigenvalue weighted by atomic mass is 9.98. The van der Waals surface area contributed by atoms with Crippen LogP contribution in [0.4, 0.5) is 0 Å². The maximum Gasteiger partial charge on any atom is 0.368 e. The summed E-state index contributed by atoms with van der Waals surface area (Å²) in [5.41, 5.74) is 2.19. The molecule has 140 valence electrons. The molecule has 1 rings (SSSR count). The van der Waals surface area contributed by atoms with Crippen LogP contribution in [0.5, 0.6) is 5.75 Å². The Balaban J connectivity index is 2.63. The van der Waals surface area contributed by atoms with Gasteiger partial charge >= 0.3 is 5.97 Å². The maximum atomic E-state index is 11.8. The molecule has 1 aromatic carbocycles. The standard InChI is InChI=1S/C21H32O4/c1-4-6-7-8-9-10-11-14-19-18(13-12-15-20(19)22)16-17(3)21(23)25-24-5-2/h12-13,15-16,22H,4-11,14H2,1-3H3/b17-16+. The van der Waals surface area contributed by atoms with Gasteiger partial charge < -0.3 is 5.11 Å². The molecule has 0 aliphatic rings. The van der Waals surface area contributed by atoms with E-state index in [4.69, 9.17) is 0 Å². The van der Waals surface area contributed by atoms with Crippen molar-refractivity contribution in [3.8, 4) is 5.75 Å². The monoisotopic (exact) mass is 348 g/mol. The molecule has 0 saturated heterocycles. The third-order valence-electron chi connectivity index (χ3n) is 4.16. The molecule has 0 aliphatic heterocycles. The number of aromatic hydroxyl groups is 1. The van der Waals surface area contributed by atoms with Crippen LogP contribution in [0.15, 0.2) is 23.8 Å². The third-order valence-corrected chi connectivity index (χ3v) is 4.16. The molecular formula is C21H32O4. The van der Waals surface area contributed by atoms with E-state index in [-0.39, 0.29) is 5.75 Å². The Bertz CT molecular complexity index is 549. The van der Waals surface area contributed by atoms with Gasteiger partial charge in [-0.05, 0) is 44.4 Å². The molecule has 0 aromatic heterocycles. The molecule has 1 N–H and O–H groups in total. The Morgan fingerprint density at radius 1 is 1.08 bits per heavy atom. The van der Waals surface area contributed by atoms with Gasteiger partial charge in [-0.3, -0.25) is 4.89 Å². The van der Waals surface area contributed by atoms with Crippen molar-refractivity contribution in [2.45, 2.75) is 72.1 Å². The zero-order chi connectivity index (χ0) is 18.5. The number of phenolic OH excluding ortho intramolecular Hbond substituents is 1. The van der Waals surface area contributed by atoms with Crippen molar-refractivity contribution < 1.29 is 19.7 Å². The fraction of sp³-hybridized carbons (Fsp3) is 0.571. The van der Waals surface area contributed by atoms with E-state index in [0.29, 0.717) is 12.2 Å². The predicted molar refractivity (Wildman–Crippen MR) is 101 cm³/mol. The summed E-state index contributed by atoms with van der Waals surface area (Å²) in [7, 11) is 0. The minimum absolute atomic E-state index is 0.283. The highest BCUT2D eigenvalue weighted by Gasteiger charge is 2.10. The molecule has 0 unspecified atom stereocenters. The van der Waals surface area contributed by atoms with E-state index in [1.807, 2.05) is 6.07 Å². The fourth-order valence-electron chi connectivity index (χ4n) is 2.73. The van der Waals surface area contributed by atoms with E-state index in [2.05, 4.69) is 16.7 Å². The minimum Gasteiger partial charge on any atom is -0.508 e. The fourth-order valence-corrected chi connectivity index (χ4v) is 2.73. The van der Waals surface area contributed by atoms with E-state index in [1.165, 1.54) is 32.1 Å². The van der Waals surface area contributed by atoms with Crippen LogP contribution < -0.4 is 0 Å². The number of carbonyl (C=O) groups excluding carboxylic acids is 1. The number of phenols is 1. The van der Waals surface area contributed by atoms with E-state index >= 15 is 0 Å². The topological polar surface area (TPSA) is 55.8 Å². The van der Waals surface area contributed by atoms with Crippen LogP contribution in [0.3, 0.4) is 0 Å². The normalized spacial score (nSPS) is 11.6. The van der Waals surface area contributed by atoms with E-state index in [0.717, 1.165) is 30.4 Å². The number of hydrogen-bond donors (Lipinski definition) is 1. The summed E-state index contributed by atoms with van der Waals surface area (Å²) in [5, 5.41) is 10.2. The van der Waals surface area contributed by atoms with Gasteiger partial charge in [-0.15, -0.1) is 0 Å². The molecule has 0 fully saturated rings. The average molecular weight is 348 g/mol. The van der Waals surface area contributed by atoms with Gasteiger partial charge in [-0.25, -0.2) is 4.79 Å². The van der Waals surface area contributed by atoms with Crippen LogP contribution >= 0.6 is 0 Å². The van der Waals surface area contributed by atoms with Crippen LogP contribution in [-0.4, -0.2) is 17.7 Å². The number of carbonyl (C=O) groups is 1. The van der Waals surface area contributed by atoms with Gasteiger partial charge in [-0.2, -0.15) is 4.89 Å². The largest absolute Gasteiger partial charge is 0.508 e. The summed E-state index contributed by atoms with van der Waals surface area (Å²) in [4.78, 5) is 21.2. The second-order valence-corrected chi connectivity index (χ2v) is 6.32. The van der Waals surface area contributed by atoms with Crippen LogP contribution in [0.25, 0.3) is 6.08 Å². The van der Waals surface area contributed by atoms with Crippen molar-refractivity contribution in [1.82, 2.24) is 0 Å². The van der Waals surface area contributed by atoms with Crippen LogP contribution in [-0.2, 0) is 21.0 Å². The quantitative estimate of drug-likeness (QED) is 0.232. The molecule has 0 atom stereocenters. The second-order valence-electron chi connectivity index (χ2n) is 6.32. The van der Waals surface area contributed by atoms with Crippen molar-refractivity contribution in [3.63, 3.8) is 0 Å². The first-order valence-electron chi connectivity index (χ1n) is 9.43. The Morgan fingerprint density at radius 3 is 2.44 bits per heavy atom. The van der Waals surface area contributed by atoms with Crippen molar-refractivity contribution in [2.75, 3.05) is 6.61 Å². The average Bonchev–Trinajstić information content (AvgIpc) is 2.60. The van der Waals surface area contributed by atoms with Crippen LogP contribution in [0.2, 0.25) is 0 Å². The summed E-state index contributed by atoms with van der Waals surface area (Å²) in [5.74, 6) is -0.224. The Labute approximate surface area is 151 Å². The summed E-state index contributed by atoms with van der Waals surface area (Å²) < 4.78 is 0. The number of rotatable bonds is 12. The highest BCUT2D eigenvalue weighted by molar-refractivity contribution is 5.93. The molecule has 0 spiro atoms. The highest BCUT2D eigenvalue weighted by atomic mass is 17.2. The summed E-state index contributed by atoms with van der Waals surface area (Å²) in [6.07, 6.45) is 11.1. The lowest BCUT2D eigenvalue weighted by Crippen LogP contribution is -2.06. The Morgan fingerprint density at radius 2 is 1.76 bits per heavy atom. The first-order valence-corrected chi connectivity index (χ1v) is 9.43. The second kappa shape index (κ2) is 12.5. The first-order chi connectivity index (χ1) is 12.1. The van der Waals surface area contributed by atoms with Gasteiger partial charge in [0.05, 0.1) is 6.61 Å². The molecule has 25 heavy (non-hydrogen) atoms. The number of unbranched alkanes of at least 4 members (excludes halogenated alkanes) is 6. The van der Waals surface area contributed by atoms with Crippen molar-refractivity contribution in [2.24, 2.45) is 0 Å². The predicted octanol–water partition coefficient (Wildman–Crippen LogP) is 5.58. The van der Waals surface area contributed by atoms with E-state index in [1.54, 1.807) is 32.1 Å². The smallest absolute Gasteiger partial charge is 0.368 e. The molecule has 0 saturated carbocycles. The molecule has 4 nitrogen and oxygen atoms in total. The highest BCUT2D eigenvalue weighted by Crippen LogP contribution is 2.26. The zero-order valence-corrected chi connectivity index (χ0v) is 15.8. The molecule has 0 amide bonds. The van der Waals surface area contributed by atoms with E-state index < -0.39 is 5.97 Å². The molecule has 0 bridgehead atoms. The minimum atomic E-state index is -0.507. The molecule has 4 heteroatoms. The third kappa shape index (κ3) is 8.21. The van der Waals surface area contributed by atoms with Gasteiger partial charge in [0.15, 0.2) is 0 Å². The van der Waals surface area contributed by atoms with Crippen molar-refractivity contribution in [3.05, 3.63) is 34.9 Å². The van der Waals surface area contributed by atoms with Crippen molar-refractivity contribution >= 4 is 12.0 Å². The van der Waals surface area contributed by atoms with Crippen molar-refractivity contribution in [1.29, 1.82) is 0 Å². The molecule has 0 aliphatic carbocycles. The number of benzene rings is 1. The van der Waals surface area contributed by atoms with Gasteiger partial charge in [0.1, 0.15) is 5.75 Å². The Hall–Kier alpha value is -1.81. The van der Waals surface area contributed by atoms with Gasteiger partial charge in [0.2, 0.25) is 0 Å². The Kier molecular flexibility index (Phi) is 10.6. The summed E-state index contributed by atoms with van der Waals surface area (Å²) in [6, 6.07) is 5.39. The van der Waals surface area contributed by atoms with Gasteiger partial charge in [0, 0.05) is 11.1 Å². The summed E-state index contributed by atoms with van der Waals surface area (Å²) >= 11 is 0. The molecule has 1 aromatic rings. The van der Waals surface area contributed by atoms with Gasteiger partial charge in [0.25, 0.3) is 0 Å². The number of hydrogen-bond acceptors (Lipinski definition) is 4. The molecule has 0 radical (unpaired) electrons. The van der Waals surface area contributed by atoms with E-state index in [9.17, 15) is 9.90 Å². The van der Waals surface area contributed by atoms with Crippen LogP contribution in [0, 0.1) is 0 Å². The SMILES string of the molecule is CCCCCCCCCc1c(O)cccc1/C=C(\C)C(=O)OOCC. The van der Waals surface area contributed by atoms with Gasteiger partial charge in [-0.1, -0.05) is 57.6 Å². The lowest BCUT2D eigenvalue weighted by molar-refractivity contribution is -0.265. The lowest BCUT2D eigenvalue weighted by Gasteiger charge is -2.10. The maximum absolute atomic E-state index is 11.8. The molecular weight excluding hydrogens is 316 g/mol. The first kappa shape index (κ1) is 21.2. The van der Waals surface area contributed by atoms with Crippen LogP contribution in [0.1, 0.15) is 76.8 Å².